The highest BCUT2D eigenvalue weighted by Gasteiger charge is 2.27. The Hall–Kier alpha value is -1.88. The van der Waals surface area contributed by atoms with Gasteiger partial charge in [0.05, 0.1) is 0 Å². The Bertz CT molecular complexity index is 761. The minimum Gasteiger partial charge on any atom is -0.375 e. The van der Waals surface area contributed by atoms with Crippen LogP contribution in [0.4, 0.5) is 0 Å². The van der Waals surface area contributed by atoms with Crippen LogP contribution in [0.5, 0.6) is 0 Å². The van der Waals surface area contributed by atoms with Gasteiger partial charge in [-0.3, -0.25) is 9.20 Å². The molecule has 1 fully saturated rings. The van der Waals surface area contributed by atoms with Crippen LogP contribution in [0, 0.1) is 5.92 Å². The van der Waals surface area contributed by atoms with E-state index >= 15 is 0 Å². The second-order valence-electron chi connectivity index (χ2n) is 7.82. The predicted octanol–water partition coefficient (Wildman–Crippen LogP) is 4.24. The molecule has 5 heteroatoms. The Kier molecular flexibility index (Phi) is 7.49. The van der Waals surface area contributed by atoms with Gasteiger partial charge in [0.15, 0.2) is 0 Å². The highest BCUT2D eigenvalue weighted by atomic mass is 32.2. The van der Waals surface area contributed by atoms with Gasteiger partial charge in [0.2, 0.25) is 0 Å². The van der Waals surface area contributed by atoms with Crippen LogP contribution in [-0.4, -0.2) is 40.3 Å². The molecule has 1 aliphatic carbocycles. The van der Waals surface area contributed by atoms with Crippen molar-refractivity contribution in [1.82, 2.24) is 10.2 Å². The van der Waals surface area contributed by atoms with E-state index < -0.39 is 10.8 Å². The zero-order valence-corrected chi connectivity index (χ0v) is 18.2. The molecule has 152 valence electrons. The largest absolute Gasteiger partial charge is 0.375 e. The van der Waals surface area contributed by atoms with Crippen molar-refractivity contribution in [1.29, 1.82) is 0 Å². The molecule has 0 radical (unpaired) electrons. The maximum Gasteiger partial charge on any atom is 0.134 e. The molecule has 1 unspecified atom stereocenters. The van der Waals surface area contributed by atoms with Gasteiger partial charge < -0.3 is 10.2 Å². The smallest absolute Gasteiger partial charge is 0.134 e. The number of nitrogens with zero attached hydrogens (tertiary/aromatic N) is 2. The Morgan fingerprint density at radius 3 is 2.61 bits per heavy atom. The molecule has 0 amide bonds. The Labute approximate surface area is 172 Å². The molecule has 28 heavy (non-hydrogen) atoms. The molecule has 1 aliphatic heterocycles. The first-order valence-electron chi connectivity index (χ1n) is 10.4. The Balaban J connectivity index is 1.51. The molecular formula is C23H33N3OS. The van der Waals surface area contributed by atoms with E-state index in [1.54, 1.807) is 0 Å². The van der Waals surface area contributed by atoms with Gasteiger partial charge in [-0.15, -0.1) is 0 Å². The molecule has 1 heterocycles. The summed E-state index contributed by atoms with van der Waals surface area (Å²) in [6.45, 7) is 5.04. The van der Waals surface area contributed by atoms with Crippen molar-refractivity contribution >= 4 is 16.6 Å². The first-order valence-corrected chi connectivity index (χ1v) is 11.9. The molecule has 0 saturated heterocycles. The van der Waals surface area contributed by atoms with Crippen LogP contribution >= 0.6 is 0 Å². The lowest BCUT2D eigenvalue weighted by Crippen LogP contribution is -2.36. The molecule has 0 aromatic heterocycles. The quantitative estimate of drug-likeness (QED) is 0.746. The third-order valence-electron chi connectivity index (χ3n) is 5.92. The molecular weight excluding hydrogens is 366 g/mol. The van der Waals surface area contributed by atoms with E-state index in [-0.39, 0.29) is 0 Å². The Morgan fingerprint density at radius 2 is 1.93 bits per heavy atom. The summed E-state index contributed by atoms with van der Waals surface area (Å²) in [5.74, 6) is 3.10. The SMILES string of the molecule is CCN=C1NC=C/C1=C(/C)N(C)C1CCC(CS(=O)Cc2ccccc2)CC1. The van der Waals surface area contributed by atoms with Gasteiger partial charge in [-0.2, -0.15) is 0 Å². The number of aliphatic imine (C=N–C) groups is 1. The van der Waals surface area contributed by atoms with Crippen LogP contribution < -0.4 is 5.32 Å². The third kappa shape index (κ3) is 5.34. The van der Waals surface area contributed by atoms with Gasteiger partial charge in [-0.1, -0.05) is 30.3 Å². The number of hydrogen-bond acceptors (Lipinski definition) is 3. The highest BCUT2D eigenvalue weighted by molar-refractivity contribution is 7.84. The second kappa shape index (κ2) is 10.1. The van der Waals surface area contributed by atoms with Gasteiger partial charge in [-0.25, -0.2) is 0 Å². The summed E-state index contributed by atoms with van der Waals surface area (Å²) in [5.41, 5.74) is 3.67. The third-order valence-corrected chi connectivity index (χ3v) is 7.41. The minimum atomic E-state index is -0.764. The van der Waals surface area contributed by atoms with Gasteiger partial charge >= 0.3 is 0 Å². The summed E-state index contributed by atoms with van der Waals surface area (Å²) in [6.07, 6.45) is 8.78. The topological polar surface area (TPSA) is 44.7 Å². The zero-order valence-electron chi connectivity index (χ0n) is 17.4. The van der Waals surface area contributed by atoms with Gasteiger partial charge in [0.1, 0.15) is 5.84 Å². The number of allylic oxidation sites excluding steroid dienone is 1. The van der Waals surface area contributed by atoms with E-state index in [1.165, 1.54) is 42.5 Å². The van der Waals surface area contributed by atoms with Crippen molar-refractivity contribution in [3.63, 3.8) is 0 Å². The van der Waals surface area contributed by atoms with E-state index in [4.69, 9.17) is 0 Å². The van der Waals surface area contributed by atoms with Crippen molar-refractivity contribution in [3.05, 3.63) is 59.4 Å². The van der Waals surface area contributed by atoms with E-state index in [2.05, 4.69) is 54.3 Å². The minimum absolute atomic E-state index is 0.559. The van der Waals surface area contributed by atoms with Crippen molar-refractivity contribution < 1.29 is 4.21 Å². The molecule has 0 spiro atoms. The fourth-order valence-electron chi connectivity index (χ4n) is 4.19. The molecule has 0 bridgehead atoms. The van der Waals surface area contributed by atoms with Gasteiger partial charge in [-0.05, 0) is 57.1 Å². The number of amidine groups is 1. The summed E-state index contributed by atoms with van der Waals surface area (Å²) in [7, 11) is 1.44. The monoisotopic (exact) mass is 399 g/mol. The zero-order chi connectivity index (χ0) is 19.9. The molecule has 3 rings (SSSR count). The highest BCUT2D eigenvalue weighted by Crippen LogP contribution is 2.30. The van der Waals surface area contributed by atoms with Crippen molar-refractivity contribution in [2.75, 3.05) is 19.3 Å². The van der Waals surface area contributed by atoms with Crippen LogP contribution in [0.2, 0.25) is 0 Å². The number of nitrogens with one attached hydrogen (secondary N) is 1. The van der Waals surface area contributed by atoms with Gasteiger partial charge in [0.25, 0.3) is 0 Å². The summed E-state index contributed by atoms with van der Waals surface area (Å²) in [5, 5.41) is 3.25. The van der Waals surface area contributed by atoms with Crippen molar-refractivity contribution in [2.45, 2.75) is 51.3 Å². The normalized spacial score (nSPS) is 26.2. The average Bonchev–Trinajstić information content (AvgIpc) is 3.17. The van der Waals surface area contributed by atoms with E-state index in [9.17, 15) is 4.21 Å². The van der Waals surface area contributed by atoms with Crippen LogP contribution in [0.25, 0.3) is 0 Å². The van der Waals surface area contributed by atoms with Crippen LogP contribution in [0.1, 0.15) is 45.1 Å². The maximum atomic E-state index is 12.5. The summed E-state index contributed by atoms with van der Waals surface area (Å²) >= 11 is 0. The van der Waals surface area contributed by atoms with E-state index in [0.717, 1.165) is 18.1 Å². The van der Waals surface area contributed by atoms with Crippen molar-refractivity contribution in [2.24, 2.45) is 10.9 Å². The molecule has 1 saturated carbocycles. The maximum absolute atomic E-state index is 12.5. The Morgan fingerprint density at radius 1 is 1.21 bits per heavy atom. The lowest BCUT2D eigenvalue weighted by Gasteiger charge is -2.37. The summed E-state index contributed by atoms with van der Waals surface area (Å²) < 4.78 is 12.5. The fraction of sp³-hybridized carbons (Fsp3) is 0.522. The van der Waals surface area contributed by atoms with E-state index in [1.807, 2.05) is 24.4 Å². The second-order valence-corrected chi connectivity index (χ2v) is 9.32. The van der Waals surface area contributed by atoms with Crippen LogP contribution in [0.15, 0.2) is 58.9 Å². The summed E-state index contributed by atoms with van der Waals surface area (Å²) in [6, 6.07) is 10.8. The lowest BCUT2D eigenvalue weighted by molar-refractivity contribution is 0.207. The molecule has 4 nitrogen and oxygen atoms in total. The van der Waals surface area contributed by atoms with E-state index in [0.29, 0.717) is 17.7 Å². The summed E-state index contributed by atoms with van der Waals surface area (Å²) in [4.78, 5) is 6.98. The first-order chi connectivity index (χ1) is 13.6. The molecule has 1 aromatic rings. The molecule has 1 N–H and O–H groups in total. The number of benzene rings is 1. The number of rotatable bonds is 7. The fourth-order valence-corrected chi connectivity index (χ4v) is 5.73. The number of hydrogen-bond donors (Lipinski definition) is 1. The molecule has 1 aromatic carbocycles. The lowest BCUT2D eigenvalue weighted by atomic mass is 9.86. The van der Waals surface area contributed by atoms with Crippen molar-refractivity contribution in [3.8, 4) is 0 Å². The van der Waals surface area contributed by atoms with Crippen LogP contribution in [-0.2, 0) is 16.6 Å². The standard InChI is InChI=1S/C23H33N3OS/c1-4-24-23-22(14-15-25-23)18(2)26(3)21-12-10-20(11-13-21)17-28(27)16-19-8-6-5-7-9-19/h5-9,14-15,20-21H,4,10-13,16-17H2,1-3H3,(H,24,25)/b22-18+. The first kappa shape index (κ1) is 20.8. The molecule has 2 aliphatic rings. The van der Waals surface area contributed by atoms with Crippen LogP contribution in [0.3, 0.4) is 0 Å². The predicted molar refractivity (Wildman–Crippen MR) is 120 cm³/mol. The van der Waals surface area contributed by atoms with Gasteiger partial charge in [0, 0.05) is 59.4 Å². The molecule has 1 atom stereocenters. The average molecular weight is 400 g/mol.